The van der Waals surface area contributed by atoms with Gasteiger partial charge in [-0.05, 0) is 41.4 Å². The molecular weight excluding hydrogens is 252 g/mol. The van der Waals surface area contributed by atoms with Crippen molar-refractivity contribution in [1.82, 2.24) is 0 Å². The summed E-state index contributed by atoms with van der Waals surface area (Å²) in [5, 5.41) is 17.0. The lowest BCUT2D eigenvalue weighted by molar-refractivity contribution is 0.890. The Morgan fingerprint density at radius 2 is 2.24 bits per heavy atom. The topological polar surface area (TPSA) is 35.8 Å². The van der Waals surface area contributed by atoms with Crippen molar-refractivity contribution in [2.24, 2.45) is 0 Å². The fourth-order valence-corrected chi connectivity index (χ4v) is 2.57. The Morgan fingerprint density at radius 3 is 2.88 bits per heavy atom. The normalized spacial score (nSPS) is 11.8. The van der Waals surface area contributed by atoms with Crippen LogP contribution < -0.4 is 5.32 Å². The summed E-state index contributed by atoms with van der Waals surface area (Å²) in [7, 11) is 0. The van der Waals surface area contributed by atoms with Crippen LogP contribution in [0.5, 0.6) is 0 Å². The van der Waals surface area contributed by atoms with E-state index in [9.17, 15) is 0 Å². The first kappa shape index (κ1) is 12.0. The minimum Gasteiger partial charge on any atom is -0.377 e. The van der Waals surface area contributed by atoms with Crippen molar-refractivity contribution in [3.63, 3.8) is 0 Å². The van der Waals surface area contributed by atoms with E-state index in [1.165, 1.54) is 5.56 Å². The third-order valence-electron chi connectivity index (χ3n) is 2.54. The van der Waals surface area contributed by atoms with Gasteiger partial charge in [0.15, 0.2) is 0 Å². The molecule has 2 nitrogen and oxygen atoms in total. The lowest BCUT2D eigenvalue weighted by atomic mass is 10.1. The van der Waals surface area contributed by atoms with Crippen LogP contribution in [0.4, 0.5) is 5.69 Å². The van der Waals surface area contributed by atoms with Gasteiger partial charge in [0, 0.05) is 6.04 Å². The first-order valence-electron chi connectivity index (χ1n) is 5.19. The zero-order valence-electron chi connectivity index (χ0n) is 9.27. The number of nitriles is 1. The van der Waals surface area contributed by atoms with Crippen LogP contribution in [0.2, 0.25) is 5.02 Å². The Hall–Kier alpha value is -1.50. The summed E-state index contributed by atoms with van der Waals surface area (Å²) in [6, 6.07) is 9.78. The highest BCUT2D eigenvalue weighted by Gasteiger charge is 2.10. The lowest BCUT2D eigenvalue weighted by Crippen LogP contribution is -2.06. The maximum atomic E-state index is 9.07. The predicted octanol–water partition coefficient (Wildman–Crippen LogP) is 4.45. The van der Waals surface area contributed by atoms with E-state index >= 15 is 0 Å². The van der Waals surface area contributed by atoms with Gasteiger partial charge in [0.25, 0.3) is 0 Å². The SMILES string of the molecule is CC(Nc1cccc(Cl)c1C#N)c1ccsc1. The van der Waals surface area contributed by atoms with Gasteiger partial charge in [-0.2, -0.15) is 16.6 Å². The van der Waals surface area contributed by atoms with Crippen LogP contribution >= 0.6 is 22.9 Å². The van der Waals surface area contributed by atoms with Gasteiger partial charge < -0.3 is 5.32 Å². The summed E-state index contributed by atoms with van der Waals surface area (Å²) < 4.78 is 0. The van der Waals surface area contributed by atoms with Crippen LogP contribution in [-0.2, 0) is 0 Å². The highest BCUT2D eigenvalue weighted by Crippen LogP contribution is 2.27. The molecule has 1 N–H and O–H groups in total. The molecule has 0 saturated carbocycles. The molecule has 0 saturated heterocycles. The molecule has 86 valence electrons. The van der Waals surface area contributed by atoms with Gasteiger partial charge in [-0.3, -0.25) is 0 Å². The standard InChI is InChI=1S/C13H11ClN2S/c1-9(10-5-6-17-8-10)16-13-4-2-3-12(14)11(13)7-15/h2-6,8-9,16H,1H3. The molecule has 1 atom stereocenters. The summed E-state index contributed by atoms with van der Waals surface area (Å²) in [6.45, 7) is 2.06. The van der Waals surface area contributed by atoms with Gasteiger partial charge in [-0.25, -0.2) is 0 Å². The fraction of sp³-hybridized carbons (Fsp3) is 0.154. The van der Waals surface area contributed by atoms with E-state index in [1.807, 2.05) is 17.5 Å². The molecule has 0 bridgehead atoms. The van der Waals surface area contributed by atoms with Gasteiger partial charge in [0.1, 0.15) is 6.07 Å². The molecule has 1 aromatic heterocycles. The second kappa shape index (κ2) is 5.22. The van der Waals surface area contributed by atoms with Crippen LogP contribution in [0.3, 0.4) is 0 Å². The van der Waals surface area contributed by atoms with Crippen LogP contribution in [-0.4, -0.2) is 0 Å². The number of nitrogens with one attached hydrogen (secondary N) is 1. The number of nitrogens with zero attached hydrogens (tertiary/aromatic N) is 1. The number of hydrogen-bond acceptors (Lipinski definition) is 3. The zero-order valence-corrected chi connectivity index (χ0v) is 10.8. The fourth-order valence-electron chi connectivity index (χ4n) is 1.60. The molecular formula is C13H11ClN2S. The predicted molar refractivity (Wildman–Crippen MR) is 72.5 cm³/mol. The maximum absolute atomic E-state index is 9.07. The van der Waals surface area contributed by atoms with Gasteiger partial charge in [-0.1, -0.05) is 17.7 Å². The highest BCUT2D eigenvalue weighted by molar-refractivity contribution is 7.07. The third kappa shape index (κ3) is 2.60. The minimum atomic E-state index is 0.159. The van der Waals surface area contributed by atoms with Gasteiger partial charge in [0.05, 0.1) is 16.3 Å². The Balaban J connectivity index is 2.25. The molecule has 17 heavy (non-hydrogen) atoms. The number of halogens is 1. The van der Waals surface area contributed by atoms with Crippen molar-refractivity contribution in [2.75, 3.05) is 5.32 Å². The van der Waals surface area contributed by atoms with E-state index in [0.717, 1.165) is 5.69 Å². The summed E-state index contributed by atoms with van der Waals surface area (Å²) >= 11 is 7.64. The molecule has 0 aliphatic rings. The molecule has 1 aromatic carbocycles. The molecule has 2 rings (SSSR count). The van der Waals surface area contributed by atoms with E-state index in [4.69, 9.17) is 16.9 Å². The summed E-state index contributed by atoms with van der Waals surface area (Å²) in [6.07, 6.45) is 0. The van der Waals surface area contributed by atoms with Crippen molar-refractivity contribution in [3.05, 3.63) is 51.2 Å². The van der Waals surface area contributed by atoms with Crippen LogP contribution in [0.1, 0.15) is 24.1 Å². The lowest BCUT2D eigenvalue weighted by Gasteiger charge is -2.15. The van der Waals surface area contributed by atoms with Gasteiger partial charge in [0.2, 0.25) is 0 Å². The smallest absolute Gasteiger partial charge is 0.103 e. The van der Waals surface area contributed by atoms with Gasteiger partial charge in [-0.15, -0.1) is 0 Å². The Bertz CT molecular complexity index is 543. The number of benzene rings is 1. The molecule has 0 radical (unpaired) electrons. The van der Waals surface area contributed by atoms with E-state index in [1.54, 1.807) is 17.4 Å². The summed E-state index contributed by atoms with van der Waals surface area (Å²) in [5.41, 5.74) is 2.48. The molecule has 0 aliphatic heterocycles. The molecule has 0 spiro atoms. The number of rotatable bonds is 3. The number of hydrogen-bond donors (Lipinski definition) is 1. The van der Waals surface area contributed by atoms with Crippen LogP contribution in [0, 0.1) is 11.3 Å². The van der Waals surface area contributed by atoms with Crippen molar-refractivity contribution < 1.29 is 0 Å². The van der Waals surface area contributed by atoms with E-state index in [0.29, 0.717) is 10.6 Å². The largest absolute Gasteiger partial charge is 0.377 e. The monoisotopic (exact) mass is 262 g/mol. The van der Waals surface area contributed by atoms with Crippen LogP contribution in [0.15, 0.2) is 35.0 Å². The molecule has 0 fully saturated rings. The molecule has 0 aliphatic carbocycles. The summed E-state index contributed by atoms with van der Waals surface area (Å²) in [4.78, 5) is 0. The Morgan fingerprint density at radius 1 is 1.41 bits per heavy atom. The molecule has 1 heterocycles. The average molecular weight is 263 g/mol. The first-order valence-corrected chi connectivity index (χ1v) is 6.51. The van der Waals surface area contributed by atoms with E-state index in [-0.39, 0.29) is 6.04 Å². The van der Waals surface area contributed by atoms with Crippen LogP contribution in [0.25, 0.3) is 0 Å². The first-order chi connectivity index (χ1) is 8.22. The van der Waals surface area contributed by atoms with E-state index < -0.39 is 0 Å². The minimum absolute atomic E-state index is 0.159. The van der Waals surface area contributed by atoms with Crippen molar-refractivity contribution in [1.29, 1.82) is 5.26 Å². The third-order valence-corrected chi connectivity index (χ3v) is 3.56. The second-order valence-electron chi connectivity index (χ2n) is 3.70. The average Bonchev–Trinajstić information content (AvgIpc) is 2.82. The second-order valence-corrected chi connectivity index (χ2v) is 4.88. The Labute approximate surface area is 109 Å². The number of anilines is 1. The van der Waals surface area contributed by atoms with Gasteiger partial charge >= 0.3 is 0 Å². The quantitative estimate of drug-likeness (QED) is 0.887. The van der Waals surface area contributed by atoms with Crippen molar-refractivity contribution in [2.45, 2.75) is 13.0 Å². The molecule has 2 aromatic rings. The number of thiophene rings is 1. The van der Waals surface area contributed by atoms with E-state index in [2.05, 4.69) is 29.8 Å². The molecule has 0 amide bonds. The zero-order chi connectivity index (χ0) is 12.3. The Kier molecular flexibility index (Phi) is 3.68. The van der Waals surface area contributed by atoms with Crippen molar-refractivity contribution in [3.8, 4) is 6.07 Å². The summed E-state index contributed by atoms with van der Waals surface area (Å²) in [5.74, 6) is 0. The highest BCUT2D eigenvalue weighted by atomic mass is 35.5. The van der Waals surface area contributed by atoms with Crippen molar-refractivity contribution >= 4 is 28.6 Å². The molecule has 4 heteroatoms. The maximum Gasteiger partial charge on any atom is 0.103 e. The molecule has 1 unspecified atom stereocenters.